The molecule has 9 heteroatoms. The van der Waals surface area contributed by atoms with E-state index >= 15 is 0 Å². The molecule has 0 saturated carbocycles. The van der Waals surface area contributed by atoms with E-state index in [4.69, 9.17) is 4.74 Å². The van der Waals surface area contributed by atoms with Crippen molar-refractivity contribution in [2.75, 3.05) is 19.6 Å². The van der Waals surface area contributed by atoms with Gasteiger partial charge in [0.25, 0.3) is 5.91 Å². The fourth-order valence-corrected chi connectivity index (χ4v) is 5.74. The summed E-state index contributed by atoms with van der Waals surface area (Å²) < 4.78 is 32.4. The van der Waals surface area contributed by atoms with Gasteiger partial charge in [-0.3, -0.25) is 4.79 Å². The van der Waals surface area contributed by atoms with Gasteiger partial charge in [-0.15, -0.1) is 0 Å². The van der Waals surface area contributed by atoms with Gasteiger partial charge < -0.3 is 15.0 Å². The standard InChI is InChI=1S/C18H23N3O5S/c1-12-4-2-3-9-21(12)27(24,25)14-7-5-13(6-8-14)17(22)20-10-15-16(11-20)26-18(23)19-15/h5-8,12,15-16H,2-4,9-11H2,1H3,(H,19,23)/t12?,15-,16+/m0/s1. The van der Waals surface area contributed by atoms with Gasteiger partial charge in [0.15, 0.2) is 0 Å². The summed E-state index contributed by atoms with van der Waals surface area (Å²) in [6.45, 7) is 3.19. The largest absolute Gasteiger partial charge is 0.442 e. The van der Waals surface area contributed by atoms with E-state index in [2.05, 4.69) is 5.32 Å². The molecular formula is C18H23N3O5S. The minimum atomic E-state index is -3.55. The first-order chi connectivity index (χ1) is 12.9. The average Bonchev–Trinajstić information content (AvgIpc) is 3.19. The van der Waals surface area contributed by atoms with Crippen molar-refractivity contribution >= 4 is 22.0 Å². The summed E-state index contributed by atoms with van der Waals surface area (Å²) in [4.78, 5) is 25.7. The number of ether oxygens (including phenoxy) is 1. The Morgan fingerprint density at radius 1 is 1.19 bits per heavy atom. The molecule has 3 saturated heterocycles. The van der Waals surface area contributed by atoms with Gasteiger partial charge in [-0.2, -0.15) is 4.31 Å². The van der Waals surface area contributed by atoms with Crippen molar-refractivity contribution < 1.29 is 22.7 Å². The lowest BCUT2D eigenvalue weighted by atomic mass is 10.1. The predicted octanol–water partition coefficient (Wildman–Crippen LogP) is 1.18. The van der Waals surface area contributed by atoms with E-state index in [0.717, 1.165) is 19.3 Å². The van der Waals surface area contributed by atoms with E-state index < -0.39 is 16.1 Å². The number of piperidine rings is 1. The van der Waals surface area contributed by atoms with Crippen LogP contribution in [-0.4, -0.2) is 67.4 Å². The Morgan fingerprint density at radius 2 is 1.93 bits per heavy atom. The van der Waals surface area contributed by atoms with Crippen LogP contribution in [0, 0.1) is 0 Å². The molecule has 0 aromatic heterocycles. The molecule has 8 nitrogen and oxygen atoms in total. The van der Waals surface area contributed by atoms with Crippen LogP contribution < -0.4 is 5.32 Å². The molecule has 3 aliphatic heterocycles. The first-order valence-electron chi connectivity index (χ1n) is 9.24. The minimum Gasteiger partial charge on any atom is -0.442 e. The number of fused-ring (bicyclic) bond motifs is 1. The van der Waals surface area contributed by atoms with Gasteiger partial charge in [0.2, 0.25) is 10.0 Å². The van der Waals surface area contributed by atoms with Crippen LogP contribution in [-0.2, 0) is 14.8 Å². The summed E-state index contributed by atoms with van der Waals surface area (Å²) >= 11 is 0. The van der Waals surface area contributed by atoms with Crippen molar-refractivity contribution in [2.45, 2.75) is 49.3 Å². The summed E-state index contributed by atoms with van der Waals surface area (Å²) in [5.41, 5.74) is 0.423. The molecule has 1 aromatic carbocycles. The van der Waals surface area contributed by atoms with Gasteiger partial charge in [0.05, 0.1) is 17.5 Å². The number of nitrogens with zero attached hydrogens (tertiary/aromatic N) is 2. The van der Waals surface area contributed by atoms with Crippen LogP contribution in [0.15, 0.2) is 29.2 Å². The molecule has 3 fully saturated rings. The Balaban J connectivity index is 1.47. The highest BCUT2D eigenvalue weighted by molar-refractivity contribution is 7.89. The zero-order chi connectivity index (χ0) is 19.2. The Bertz CT molecular complexity index is 838. The molecule has 2 amide bonds. The molecule has 146 valence electrons. The Hall–Kier alpha value is -2.13. The lowest BCUT2D eigenvalue weighted by molar-refractivity contribution is 0.0746. The SMILES string of the molecule is CC1CCCCN1S(=O)(=O)c1ccc(C(=O)N2C[C@@H]3NC(=O)O[C@@H]3C2)cc1. The highest BCUT2D eigenvalue weighted by atomic mass is 32.2. The first-order valence-corrected chi connectivity index (χ1v) is 10.7. The maximum atomic E-state index is 12.9. The second-order valence-corrected chi connectivity index (χ2v) is 9.28. The van der Waals surface area contributed by atoms with Gasteiger partial charge in [0, 0.05) is 24.7 Å². The zero-order valence-electron chi connectivity index (χ0n) is 15.1. The second kappa shape index (κ2) is 6.79. The normalized spacial score (nSPS) is 28.6. The second-order valence-electron chi connectivity index (χ2n) is 7.39. The van der Waals surface area contributed by atoms with Crippen LogP contribution in [0.4, 0.5) is 4.79 Å². The number of nitrogens with one attached hydrogen (secondary N) is 1. The smallest absolute Gasteiger partial charge is 0.407 e. The molecule has 0 radical (unpaired) electrons. The Kier molecular flexibility index (Phi) is 4.59. The van der Waals surface area contributed by atoms with E-state index in [1.165, 1.54) is 12.1 Å². The molecule has 3 aliphatic rings. The zero-order valence-corrected chi connectivity index (χ0v) is 15.9. The van der Waals surface area contributed by atoms with Crippen LogP contribution in [0.3, 0.4) is 0 Å². The summed E-state index contributed by atoms with van der Waals surface area (Å²) in [5, 5.41) is 2.68. The van der Waals surface area contributed by atoms with E-state index in [9.17, 15) is 18.0 Å². The molecule has 3 heterocycles. The third-order valence-corrected chi connectivity index (χ3v) is 7.59. The van der Waals surface area contributed by atoms with Gasteiger partial charge in [-0.1, -0.05) is 6.42 Å². The fraction of sp³-hybridized carbons (Fsp3) is 0.556. The number of hydrogen-bond acceptors (Lipinski definition) is 5. The maximum absolute atomic E-state index is 12.9. The van der Waals surface area contributed by atoms with E-state index in [1.807, 2.05) is 6.92 Å². The summed E-state index contributed by atoms with van der Waals surface area (Å²) in [6.07, 6.45) is 2.02. The van der Waals surface area contributed by atoms with Crippen molar-refractivity contribution in [2.24, 2.45) is 0 Å². The molecule has 27 heavy (non-hydrogen) atoms. The predicted molar refractivity (Wildman–Crippen MR) is 96.7 cm³/mol. The number of sulfonamides is 1. The summed E-state index contributed by atoms with van der Waals surface area (Å²) in [6, 6.07) is 5.92. The quantitative estimate of drug-likeness (QED) is 0.832. The van der Waals surface area contributed by atoms with Crippen LogP contribution in [0.1, 0.15) is 36.5 Å². The van der Waals surface area contributed by atoms with Crippen molar-refractivity contribution in [1.82, 2.24) is 14.5 Å². The van der Waals surface area contributed by atoms with Gasteiger partial charge in [0.1, 0.15) is 6.10 Å². The highest BCUT2D eigenvalue weighted by Crippen LogP contribution is 2.26. The van der Waals surface area contributed by atoms with Crippen molar-refractivity contribution in [3.8, 4) is 0 Å². The highest BCUT2D eigenvalue weighted by Gasteiger charge is 2.43. The number of likely N-dealkylation sites (tertiary alicyclic amines) is 1. The van der Waals surface area contributed by atoms with E-state index in [1.54, 1.807) is 21.3 Å². The number of alkyl carbamates (subject to hydrolysis) is 1. The lowest BCUT2D eigenvalue weighted by Gasteiger charge is -2.32. The number of hydrogen-bond donors (Lipinski definition) is 1. The summed E-state index contributed by atoms with van der Waals surface area (Å²) in [5.74, 6) is -0.197. The Labute approximate surface area is 158 Å². The molecular weight excluding hydrogens is 370 g/mol. The van der Waals surface area contributed by atoms with Gasteiger partial charge in [-0.25, -0.2) is 13.2 Å². The Morgan fingerprint density at radius 3 is 2.59 bits per heavy atom. The van der Waals surface area contributed by atoms with E-state index in [0.29, 0.717) is 25.2 Å². The van der Waals surface area contributed by atoms with Crippen molar-refractivity contribution in [1.29, 1.82) is 0 Å². The van der Waals surface area contributed by atoms with Crippen molar-refractivity contribution in [3.05, 3.63) is 29.8 Å². The third kappa shape index (κ3) is 3.29. The van der Waals surface area contributed by atoms with Crippen LogP contribution >= 0.6 is 0 Å². The first kappa shape index (κ1) is 18.2. The number of benzene rings is 1. The van der Waals surface area contributed by atoms with Crippen LogP contribution in [0.5, 0.6) is 0 Å². The molecule has 1 aromatic rings. The number of carbonyl (C=O) groups excluding carboxylic acids is 2. The average molecular weight is 393 g/mol. The van der Waals surface area contributed by atoms with Gasteiger partial charge >= 0.3 is 6.09 Å². The van der Waals surface area contributed by atoms with Crippen LogP contribution in [0.2, 0.25) is 0 Å². The summed E-state index contributed by atoms with van der Waals surface area (Å²) in [7, 11) is -3.55. The van der Waals surface area contributed by atoms with Crippen molar-refractivity contribution in [3.63, 3.8) is 0 Å². The minimum absolute atomic E-state index is 0.00993. The molecule has 0 spiro atoms. The molecule has 1 unspecified atom stereocenters. The van der Waals surface area contributed by atoms with E-state index in [-0.39, 0.29) is 29.0 Å². The molecule has 0 aliphatic carbocycles. The number of rotatable bonds is 3. The number of amides is 2. The van der Waals surface area contributed by atoms with Gasteiger partial charge in [-0.05, 0) is 44.0 Å². The third-order valence-electron chi connectivity index (χ3n) is 5.56. The molecule has 3 atom stereocenters. The molecule has 1 N–H and O–H groups in total. The molecule has 0 bridgehead atoms. The number of carbonyl (C=O) groups is 2. The van der Waals surface area contributed by atoms with Crippen LogP contribution in [0.25, 0.3) is 0 Å². The monoisotopic (exact) mass is 393 g/mol. The maximum Gasteiger partial charge on any atom is 0.407 e. The molecule has 4 rings (SSSR count). The lowest BCUT2D eigenvalue weighted by Crippen LogP contribution is -2.41. The fourth-order valence-electron chi connectivity index (χ4n) is 4.04. The topological polar surface area (TPSA) is 96.0 Å².